The molecule has 1 fully saturated rings. The van der Waals surface area contributed by atoms with Crippen LogP contribution < -0.4 is 4.90 Å². The molecule has 1 aliphatic heterocycles. The zero-order chi connectivity index (χ0) is 23.2. The Balaban J connectivity index is 1.47. The highest BCUT2D eigenvalue weighted by Crippen LogP contribution is 2.39. The van der Waals surface area contributed by atoms with E-state index in [-0.39, 0.29) is 12.0 Å². The number of esters is 1. The standard InChI is InChI=1S/C28H27ClN2O2/c1-3-33-28(32)22-10-14-24(15-11-22)31-18-16-21(17-19-31)27(30-2)26-7-5-4-6-25(26)20-8-12-23(29)13-9-20/h4-15,21,27H,3,16-19H2,1H3/t27-/m1/s1. The molecule has 168 valence electrons. The van der Waals surface area contributed by atoms with E-state index in [0.717, 1.165) is 48.3 Å². The van der Waals surface area contributed by atoms with E-state index < -0.39 is 0 Å². The fraction of sp³-hybridized carbons (Fsp3) is 0.286. The van der Waals surface area contributed by atoms with E-state index in [2.05, 4.69) is 21.9 Å². The van der Waals surface area contributed by atoms with Crippen LogP contribution in [0.25, 0.3) is 16.0 Å². The highest BCUT2D eigenvalue weighted by Gasteiger charge is 2.33. The average Bonchev–Trinajstić information content (AvgIpc) is 2.86. The molecule has 1 heterocycles. The second-order valence-corrected chi connectivity index (χ2v) is 8.70. The van der Waals surface area contributed by atoms with Crippen LogP contribution >= 0.6 is 11.6 Å². The average molecular weight is 459 g/mol. The van der Waals surface area contributed by atoms with Crippen molar-refractivity contribution < 1.29 is 9.53 Å². The maximum atomic E-state index is 11.9. The maximum Gasteiger partial charge on any atom is 0.338 e. The molecule has 0 unspecified atom stereocenters. The molecule has 3 aromatic carbocycles. The van der Waals surface area contributed by atoms with Gasteiger partial charge in [-0.3, -0.25) is 0 Å². The van der Waals surface area contributed by atoms with Gasteiger partial charge in [0, 0.05) is 35.3 Å². The first-order chi connectivity index (χ1) is 16.1. The zero-order valence-corrected chi connectivity index (χ0v) is 19.5. The van der Waals surface area contributed by atoms with Crippen LogP contribution in [0.15, 0.2) is 72.8 Å². The SMILES string of the molecule is [C-]#[N+][C@@H](c1ccccc1-c1ccc(Cl)cc1)C1CCN(c2ccc(C(=O)OCC)cc2)CC1. The zero-order valence-electron chi connectivity index (χ0n) is 18.7. The highest BCUT2D eigenvalue weighted by molar-refractivity contribution is 6.30. The van der Waals surface area contributed by atoms with Crippen LogP contribution in [0.5, 0.6) is 0 Å². The van der Waals surface area contributed by atoms with Crippen LogP contribution in [-0.2, 0) is 4.74 Å². The summed E-state index contributed by atoms with van der Waals surface area (Å²) in [6.07, 6.45) is 1.89. The predicted molar refractivity (Wildman–Crippen MR) is 134 cm³/mol. The van der Waals surface area contributed by atoms with Gasteiger partial charge in [-0.2, -0.15) is 0 Å². The summed E-state index contributed by atoms with van der Waals surface area (Å²) in [5, 5.41) is 0.709. The van der Waals surface area contributed by atoms with Crippen molar-refractivity contribution in [3.05, 3.63) is 100 Å². The molecule has 0 bridgehead atoms. The smallest absolute Gasteiger partial charge is 0.338 e. The molecule has 0 aromatic heterocycles. The topological polar surface area (TPSA) is 33.9 Å². The molecule has 0 N–H and O–H groups in total. The largest absolute Gasteiger partial charge is 0.462 e. The van der Waals surface area contributed by atoms with E-state index in [1.165, 1.54) is 0 Å². The van der Waals surface area contributed by atoms with Gasteiger partial charge in [0.05, 0.1) is 12.2 Å². The van der Waals surface area contributed by atoms with Gasteiger partial charge in [0.25, 0.3) is 6.04 Å². The Morgan fingerprint density at radius 3 is 2.36 bits per heavy atom. The normalized spacial score (nSPS) is 15.0. The van der Waals surface area contributed by atoms with Gasteiger partial charge in [0.2, 0.25) is 0 Å². The van der Waals surface area contributed by atoms with E-state index in [1.807, 2.05) is 60.7 Å². The van der Waals surface area contributed by atoms with Crippen molar-refractivity contribution >= 4 is 23.3 Å². The van der Waals surface area contributed by atoms with Gasteiger partial charge in [-0.1, -0.05) is 48.0 Å². The fourth-order valence-electron chi connectivity index (χ4n) is 4.57. The summed E-state index contributed by atoms with van der Waals surface area (Å²) >= 11 is 6.08. The summed E-state index contributed by atoms with van der Waals surface area (Å²) in [5.41, 5.74) is 4.95. The summed E-state index contributed by atoms with van der Waals surface area (Å²) in [6.45, 7) is 11.9. The molecular formula is C28H27ClN2O2. The molecule has 1 aliphatic rings. The van der Waals surface area contributed by atoms with E-state index >= 15 is 0 Å². The summed E-state index contributed by atoms with van der Waals surface area (Å²) in [7, 11) is 0. The third-order valence-corrected chi connectivity index (χ3v) is 6.56. The van der Waals surface area contributed by atoms with Crippen molar-refractivity contribution in [2.75, 3.05) is 24.6 Å². The molecule has 33 heavy (non-hydrogen) atoms. The Hall–Kier alpha value is -3.29. The number of halogens is 1. The molecule has 1 saturated heterocycles. The van der Waals surface area contributed by atoms with Crippen LogP contribution in [0.2, 0.25) is 5.02 Å². The van der Waals surface area contributed by atoms with Crippen LogP contribution in [0, 0.1) is 12.5 Å². The minimum atomic E-state index is -0.290. The van der Waals surface area contributed by atoms with Crippen LogP contribution in [0.1, 0.15) is 41.7 Å². The number of piperidine rings is 1. The third-order valence-electron chi connectivity index (χ3n) is 6.30. The van der Waals surface area contributed by atoms with Crippen molar-refractivity contribution in [2.45, 2.75) is 25.8 Å². The van der Waals surface area contributed by atoms with E-state index in [0.29, 0.717) is 23.1 Å². The van der Waals surface area contributed by atoms with Gasteiger partial charge in [-0.05, 0) is 67.3 Å². The first-order valence-corrected chi connectivity index (χ1v) is 11.7. The Morgan fingerprint density at radius 2 is 1.73 bits per heavy atom. The number of carbonyl (C=O) groups is 1. The number of hydrogen-bond donors (Lipinski definition) is 0. The molecule has 4 nitrogen and oxygen atoms in total. The van der Waals surface area contributed by atoms with Gasteiger partial charge in [-0.25, -0.2) is 11.4 Å². The maximum absolute atomic E-state index is 11.9. The second-order valence-electron chi connectivity index (χ2n) is 8.26. The molecule has 0 amide bonds. The number of rotatable bonds is 6. The highest BCUT2D eigenvalue weighted by atomic mass is 35.5. The van der Waals surface area contributed by atoms with Crippen molar-refractivity contribution in [1.82, 2.24) is 0 Å². The van der Waals surface area contributed by atoms with Crippen LogP contribution in [0.4, 0.5) is 5.69 Å². The second kappa shape index (κ2) is 10.6. The van der Waals surface area contributed by atoms with Crippen molar-refractivity contribution in [1.29, 1.82) is 0 Å². The predicted octanol–water partition coefficient (Wildman–Crippen LogP) is 7.06. The van der Waals surface area contributed by atoms with E-state index in [1.54, 1.807) is 6.92 Å². The van der Waals surface area contributed by atoms with Gasteiger partial charge in [-0.15, -0.1) is 0 Å². The summed E-state index contributed by atoms with van der Waals surface area (Å²) in [6, 6.07) is 23.5. The summed E-state index contributed by atoms with van der Waals surface area (Å²) in [5.74, 6) is 0.00742. The van der Waals surface area contributed by atoms with Crippen molar-refractivity contribution in [3.63, 3.8) is 0 Å². The summed E-state index contributed by atoms with van der Waals surface area (Å²) < 4.78 is 5.07. The molecular weight excluding hydrogens is 432 g/mol. The molecule has 0 saturated carbocycles. The fourth-order valence-corrected chi connectivity index (χ4v) is 4.70. The van der Waals surface area contributed by atoms with Gasteiger partial charge in [0.15, 0.2) is 0 Å². The first kappa shape index (κ1) is 22.9. The molecule has 1 atom stereocenters. The Bertz CT molecular complexity index is 1130. The number of anilines is 1. The Kier molecular flexibility index (Phi) is 7.32. The lowest BCUT2D eigenvalue weighted by Crippen LogP contribution is -2.35. The van der Waals surface area contributed by atoms with E-state index in [9.17, 15) is 4.79 Å². The lowest BCUT2D eigenvalue weighted by molar-refractivity contribution is 0.0526. The lowest BCUT2D eigenvalue weighted by Gasteiger charge is -2.34. The van der Waals surface area contributed by atoms with Crippen molar-refractivity contribution in [2.24, 2.45) is 5.92 Å². The van der Waals surface area contributed by atoms with E-state index in [4.69, 9.17) is 22.9 Å². The molecule has 0 radical (unpaired) electrons. The monoisotopic (exact) mass is 458 g/mol. The number of ether oxygens (including phenoxy) is 1. The number of nitrogens with zero attached hydrogens (tertiary/aromatic N) is 2. The quantitative estimate of drug-likeness (QED) is 0.293. The Labute approximate surface area is 200 Å². The first-order valence-electron chi connectivity index (χ1n) is 11.3. The molecule has 3 aromatic rings. The summed E-state index contributed by atoms with van der Waals surface area (Å²) in [4.78, 5) is 18.3. The van der Waals surface area contributed by atoms with Gasteiger partial charge < -0.3 is 14.5 Å². The minimum absolute atomic E-state index is 0.176. The number of hydrogen-bond acceptors (Lipinski definition) is 3. The Morgan fingerprint density at radius 1 is 1.06 bits per heavy atom. The molecule has 0 aliphatic carbocycles. The third kappa shape index (κ3) is 5.21. The minimum Gasteiger partial charge on any atom is -0.462 e. The van der Waals surface area contributed by atoms with Crippen LogP contribution in [0.3, 0.4) is 0 Å². The molecule has 4 rings (SSSR count). The van der Waals surface area contributed by atoms with Gasteiger partial charge in [0.1, 0.15) is 0 Å². The number of carbonyl (C=O) groups excluding carboxylic acids is 1. The lowest BCUT2D eigenvalue weighted by atomic mass is 9.83. The van der Waals surface area contributed by atoms with Gasteiger partial charge >= 0.3 is 5.97 Å². The van der Waals surface area contributed by atoms with Crippen molar-refractivity contribution in [3.8, 4) is 11.1 Å². The number of benzene rings is 3. The molecule has 5 heteroatoms. The molecule has 0 spiro atoms. The van der Waals surface area contributed by atoms with Crippen LogP contribution in [-0.4, -0.2) is 25.7 Å².